The van der Waals surface area contributed by atoms with Gasteiger partial charge in [-0.25, -0.2) is 13.9 Å². The molecule has 2 amide bonds. The molecule has 6 nitrogen and oxygen atoms in total. The Morgan fingerprint density at radius 2 is 1.77 bits per heavy atom. The summed E-state index contributed by atoms with van der Waals surface area (Å²) in [6, 6.07) is 14.0. The zero-order chi connectivity index (χ0) is 24.6. The average molecular weight is 488 g/mol. The van der Waals surface area contributed by atoms with Gasteiger partial charge in [-0.3, -0.25) is 10.2 Å². The van der Waals surface area contributed by atoms with Gasteiger partial charge in [0.15, 0.2) is 0 Å². The van der Waals surface area contributed by atoms with E-state index in [0.29, 0.717) is 11.4 Å². The van der Waals surface area contributed by atoms with Gasteiger partial charge in [0.1, 0.15) is 11.6 Å². The van der Waals surface area contributed by atoms with Crippen molar-refractivity contribution in [2.24, 2.45) is 0 Å². The third-order valence-electron chi connectivity index (χ3n) is 6.55. The predicted molar refractivity (Wildman–Crippen MR) is 123 cm³/mol. The van der Waals surface area contributed by atoms with E-state index < -0.39 is 36.5 Å². The number of benzene rings is 2. The lowest BCUT2D eigenvalue weighted by molar-refractivity contribution is -0.143. The summed E-state index contributed by atoms with van der Waals surface area (Å²) >= 11 is 0. The average Bonchev–Trinajstić information content (AvgIpc) is 3.50. The molecule has 0 radical (unpaired) electrons. The Kier molecular flexibility index (Phi) is 6.22. The van der Waals surface area contributed by atoms with Crippen molar-refractivity contribution in [1.82, 2.24) is 20.0 Å². The van der Waals surface area contributed by atoms with Crippen molar-refractivity contribution in [2.75, 3.05) is 25.0 Å². The number of carbonyl (C=O) groups is 1. The molecule has 0 saturated carbocycles. The highest BCUT2D eigenvalue weighted by molar-refractivity contribution is 5.90. The molecule has 1 aromatic heterocycles. The monoisotopic (exact) mass is 487 g/mol. The molecule has 2 aromatic carbocycles. The summed E-state index contributed by atoms with van der Waals surface area (Å²) in [6.45, 7) is -0.933. The van der Waals surface area contributed by atoms with Crippen molar-refractivity contribution >= 4 is 11.8 Å². The highest BCUT2D eigenvalue weighted by atomic mass is 19.4. The zero-order valence-corrected chi connectivity index (χ0v) is 18.9. The number of urea groups is 1. The number of likely N-dealkylation sites (tertiary alicyclic amines) is 1. The summed E-state index contributed by atoms with van der Waals surface area (Å²) in [5.74, 6) is -0.262. The van der Waals surface area contributed by atoms with Crippen LogP contribution in [0.1, 0.15) is 29.2 Å². The first-order valence-corrected chi connectivity index (χ1v) is 11.5. The van der Waals surface area contributed by atoms with Gasteiger partial charge in [0.2, 0.25) is 0 Å². The fraction of sp³-hybridized carbons (Fsp3) is 0.360. The molecule has 2 N–H and O–H groups in total. The van der Waals surface area contributed by atoms with Crippen LogP contribution in [0.2, 0.25) is 0 Å². The number of nitrogens with one attached hydrogen (secondary N) is 2. The molecule has 10 heteroatoms. The van der Waals surface area contributed by atoms with Crippen LogP contribution in [0.5, 0.6) is 0 Å². The summed E-state index contributed by atoms with van der Waals surface area (Å²) in [6.07, 6.45) is -1.79. The molecule has 1 fully saturated rings. The Morgan fingerprint density at radius 1 is 1.03 bits per heavy atom. The molecule has 5 rings (SSSR count). The van der Waals surface area contributed by atoms with E-state index in [0.717, 1.165) is 36.2 Å². The quantitative estimate of drug-likeness (QED) is 0.515. The van der Waals surface area contributed by atoms with Gasteiger partial charge in [0, 0.05) is 24.6 Å². The molecule has 1 unspecified atom stereocenters. The number of aromatic nitrogens is 2. The minimum absolute atomic E-state index is 0.0328. The second kappa shape index (κ2) is 9.33. The van der Waals surface area contributed by atoms with E-state index in [4.69, 9.17) is 0 Å². The fourth-order valence-corrected chi connectivity index (χ4v) is 5.05. The Balaban J connectivity index is 1.37. The summed E-state index contributed by atoms with van der Waals surface area (Å²) in [4.78, 5) is 14.4. The number of carbonyl (C=O) groups excluding carboxylic acids is 1. The van der Waals surface area contributed by atoms with Gasteiger partial charge < -0.3 is 5.32 Å². The number of alkyl halides is 3. The predicted octanol–water partition coefficient (Wildman–Crippen LogP) is 4.65. The lowest BCUT2D eigenvalue weighted by Gasteiger charge is -2.21. The van der Waals surface area contributed by atoms with Gasteiger partial charge in [-0.1, -0.05) is 30.3 Å². The van der Waals surface area contributed by atoms with Crippen LogP contribution in [0, 0.1) is 5.82 Å². The van der Waals surface area contributed by atoms with Crippen molar-refractivity contribution in [2.45, 2.75) is 37.4 Å². The Bertz CT molecular complexity index is 1190. The van der Waals surface area contributed by atoms with Gasteiger partial charge in [-0.05, 0) is 49.1 Å². The maximum atomic E-state index is 13.4. The lowest BCUT2D eigenvalue weighted by atomic mass is 9.94. The topological polar surface area (TPSA) is 62.2 Å². The molecule has 0 bridgehead atoms. The molecule has 1 aliphatic heterocycles. The highest BCUT2D eigenvalue weighted by Crippen LogP contribution is 2.32. The fourth-order valence-electron chi connectivity index (χ4n) is 5.05. The van der Waals surface area contributed by atoms with Crippen molar-refractivity contribution in [3.63, 3.8) is 0 Å². The molecule has 1 aliphatic carbocycles. The number of hydrogen-bond donors (Lipinski definition) is 2. The van der Waals surface area contributed by atoms with Crippen molar-refractivity contribution in [3.8, 4) is 5.69 Å². The second-order valence-corrected chi connectivity index (χ2v) is 9.05. The number of halogens is 4. The van der Waals surface area contributed by atoms with Gasteiger partial charge in [0.05, 0.1) is 24.0 Å². The molecule has 2 aliphatic rings. The number of nitrogens with zero attached hydrogens (tertiary/aromatic N) is 3. The van der Waals surface area contributed by atoms with E-state index in [1.54, 1.807) is 16.8 Å². The van der Waals surface area contributed by atoms with E-state index >= 15 is 0 Å². The Morgan fingerprint density at radius 3 is 2.49 bits per heavy atom. The van der Waals surface area contributed by atoms with Crippen LogP contribution < -0.4 is 10.6 Å². The molecule has 184 valence electrons. The minimum Gasteiger partial charge on any atom is -0.333 e. The van der Waals surface area contributed by atoms with Gasteiger partial charge in [0.25, 0.3) is 0 Å². The Hall–Kier alpha value is -3.40. The van der Waals surface area contributed by atoms with Gasteiger partial charge in [-0.2, -0.15) is 18.3 Å². The van der Waals surface area contributed by atoms with Crippen LogP contribution in [0.15, 0.2) is 54.6 Å². The van der Waals surface area contributed by atoms with Gasteiger partial charge in [-0.15, -0.1) is 0 Å². The number of hydrogen-bond acceptors (Lipinski definition) is 3. The summed E-state index contributed by atoms with van der Waals surface area (Å²) in [5.41, 5.74) is 3.39. The normalized spacial score (nSPS) is 20.1. The van der Waals surface area contributed by atoms with Crippen LogP contribution in [0.4, 0.5) is 28.2 Å². The third kappa shape index (κ3) is 5.17. The minimum atomic E-state index is -4.35. The SMILES string of the molecule is O=C(Nc1c2c(nn1-c1ccccc1)CCC2)N[C@@H]1CN(CC(F)(F)F)CC1c1ccc(F)cc1. The van der Waals surface area contributed by atoms with E-state index in [1.807, 2.05) is 30.3 Å². The molecule has 2 heterocycles. The van der Waals surface area contributed by atoms with Crippen molar-refractivity contribution in [3.05, 3.63) is 77.2 Å². The first-order chi connectivity index (χ1) is 16.8. The molecule has 0 spiro atoms. The molecular formula is C25H25F4N5O. The van der Waals surface area contributed by atoms with Crippen molar-refractivity contribution < 1.29 is 22.4 Å². The maximum absolute atomic E-state index is 13.4. The van der Waals surface area contributed by atoms with Crippen LogP contribution in [0.25, 0.3) is 5.69 Å². The molecular weight excluding hydrogens is 462 g/mol. The lowest BCUT2D eigenvalue weighted by Crippen LogP contribution is -2.43. The summed E-state index contributed by atoms with van der Waals surface area (Å²) < 4.78 is 54.3. The zero-order valence-electron chi connectivity index (χ0n) is 18.9. The summed E-state index contributed by atoms with van der Waals surface area (Å²) in [5, 5.41) is 10.5. The van der Waals surface area contributed by atoms with Crippen LogP contribution >= 0.6 is 0 Å². The van der Waals surface area contributed by atoms with E-state index in [1.165, 1.54) is 17.0 Å². The molecule has 3 aromatic rings. The standard InChI is InChI=1S/C25H25F4N5O/c26-17-11-9-16(10-12-17)20-13-33(15-25(27,28)29)14-22(20)30-24(35)31-23-19-7-4-8-21(19)32-34(23)18-5-2-1-3-6-18/h1-3,5-6,9-12,20,22H,4,7-8,13-15H2,(H2,30,31,35)/t20?,22-/m1/s1. The number of fused-ring (bicyclic) bond motifs is 1. The largest absolute Gasteiger partial charge is 0.401 e. The summed E-state index contributed by atoms with van der Waals surface area (Å²) in [7, 11) is 0. The van der Waals surface area contributed by atoms with Crippen LogP contribution in [-0.2, 0) is 12.8 Å². The Labute approximate surface area is 199 Å². The third-order valence-corrected chi connectivity index (χ3v) is 6.55. The maximum Gasteiger partial charge on any atom is 0.401 e. The molecule has 35 heavy (non-hydrogen) atoms. The van der Waals surface area contributed by atoms with Gasteiger partial charge >= 0.3 is 12.2 Å². The second-order valence-electron chi connectivity index (χ2n) is 9.05. The number of aryl methyl sites for hydroxylation is 1. The van der Waals surface area contributed by atoms with Crippen LogP contribution in [-0.4, -0.2) is 52.6 Å². The first-order valence-electron chi connectivity index (χ1n) is 11.5. The van der Waals surface area contributed by atoms with E-state index in [2.05, 4.69) is 15.7 Å². The number of rotatable bonds is 5. The molecule has 1 saturated heterocycles. The number of amides is 2. The van der Waals surface area contributed by atoms with Crippen LogP contribution in [0.3, 0.4) is 0 Å². The number of para-hydroxylation sites is 1. The molecule has 2 atom stereocenters. The van der Waals surface area contributed by atoms with E-state index in [-0.39, 0.29) is 13.1 Å². The highest BCUT2D eigenvalue weighted by Gasteiger charge is 2.40. The number of anilines is 1. The van der Waals surface area contributed by atoms with E-state index in [9.17, 15) is 22.4 Å². The first kappa shape index (κ1) is 23.3. The smallest absolute Gasteiger partial charge is 0.333 e. The van der Waals surface area contributed by atoms with Crippen molar-refractivity contribution in [1.29, 1.82) is 0 Å².